The molecule has 86 heavy (non-hydrogen) atoms. The van der Waals surface area contributed by atoms with E-state index in [1.807, 2.05) is 0 Å². The highest BCUT2D eigenvalue weighted by Gasteiger charge is 2.50. The lowest BCUT2D eigenvalue weighted by Gasteiger charge is -2.42. The van der Waals surface area contributed by atoms with Crippen molar-refractivity contribution >= 4 is 74.8 Å². The van der Waals surface area contributed by atoms with Crippen LogP contribution in [0.3, 0.4) is 0 Å². The van der Waals surface area contributed by atoms with Crippen molar-refractivity contribution in [2.75, 3.05) is 0 Å². The first kappa shape index (κ1) is 52.4. The summed E-state index contributed by atoms with van der Waals surface area (Å²) in [6, 6.07) is 86.7. The minimum atomic E-state index is -2.79. The van der Waals surface area contributed by atoms with Crippen LogP contribution in [-0.4, -0.2) is 16.1 Å². The smallest absolute Gasteiger partial charge is 0.103 e. The van der Waals surface area contributed by atoms with E-state index in [2.05, 4.69) is 299 Å². The molecule has 2 atom stereocenters. The van der Waals surface area contributed by atoms with Gasteiger partial charge in [-0.25, -0.2) is 0 Å². The standard InChI is InChI=1S/C84H68Si2/c1-3-5-13-34-60(4-2)85(61-35-18-8-19-36-61,62-37-20-9-21-38-62)67-51-52-68-74(55-67)70-46-29-47-71-80(70)75(68)56-77-78(57-30-14-6-15-31-57)83-72-48-28-45-69-73-54-66(50-49-59(73)53-76(81(69)72)84(83)79(82(71)77)58-32-16-7-17-33-58)86(63-39-22-10-23-40-63,64-41-24-11-25-42-64)65-43-26-12-27-44-65/h3-4,6-12,14-26,28-33,35-43,45-48,51-56,69,81H,1,5,13,27,34,44,49-50H2,2H3. The molecule has 0 aliphatic heterocycles. The summed E-state index contributed by atoms with van der Waals surface area (Å²) in [6.07, 6.45) is 32.0. The van der Waals surface area contributed by atoms with Crippen molar-refractivity contribution in [2.45, 2.75) is 51.9 Å². The lowest BCUT2D eigenvalue weighted by Crippen LogP contribution is -2.68. The predicted molar refractivity (Wildman–Crippen MR) is 373 cm³/mol. The van der Waals surface area contributed by atoms with Crippen LogP contribution in [0.2, 0.25) is 0 Å². The number of allylic oxidation sites excluding steroid dienone is 17. The van der Waals surface area contributed by atoms with Gasteiger partial charge in [0.25, 0.3) is 0 Å². The van der Waals surface area contributed by atoms with Crippen molar-refractivity contribution < 1.29 is 0 Å². The summed E-state index contributed by atoms with van der Waals surface area (Å²) in [7, 11) is -5.43. The molecular formula is C84H68Si2. The Balaban J connectivity index is 0.956. The zero-order valence-corrected chi connectivity index (χ0v) is 50.9. The fraction of sp³-hybridized carbons (Fsp3) is 0.119. The van der Waals surface area contributed by atoms with Crippen LogP contribution < -0.4 is 25.9 Å². The average Bonchev–Trinajstić information content (AvgIpc) is 1.81. The molecule has 0 bridgehead atoms. The first-order valence-electron chi connectivity index (χ1n) is 31.4. The first-order chi connectivity index (χ1) is 42.6. The highest BCUT2D eigenvalue weighted by molar-refractivity contribution is 7.16. The van der Waals surface area contributed by atoms with Gasteiger partial charge in [0.1, 0.15) is 0 Å². The fourth-order valence-corrected chi connectivity index (χ4v) is 27.5. The van der Waals surface area contributed by atoms with Crippen LogP contribution in [-0.2, 0) is 0 Å². The van der Waals surface area contributed by atoms with Crippen molar-refractivity contribution in [1.82, 2.24) is 0 Å². The summed E-state index contributed by atoms with van der Waals surface area (Å²) in [5, 5.41) is 17.4. The molecule has 0 spiro atoms. The third kappa shape index (κ3) is 7.85. The Morgan fingerprint density at radius 3 is 1.74 bits per heavy atom. The van der Waals surface area contributed by atoms with E-state index in [1.165, 1.54) is 125 Å². The Morgan fingerprint density at radius 2 is 1.12 bits per heavy atom. The lowest BCUT2D eigenvalue weighted by molar-refractivity contribution is 0.658. The Bertz CT molecular complexity index is 4570. The summed E-state index contributed by atoms with van der Waals surface area (Å²) in [6.45, 7) is 6.42. The molecule has 412 valence electrons. The number of fused-ring (bicyclic) bond motifs is 9. The molecule has 6 aliphatic carbocycles. The van der Waals surface area contributed by atoms with Crippen molar-refractivity contribution in [3.05, 3.63) is 330 Å². The van der Waals surface area contributed by atoms with Crippen LogP contribution in [0, 0.1) is 11.8 Å². The van der Waals surface area contributed by atoms with Crippen LogP contribution in [0.5, 0.6) is 0 Å². The second kappa shape index (κ2) is 21.4. The Kier molecular flexibility index (Phi) is 13.0. The SMILES string of the molecule is C=CCCCC(=CC)[Si](c1ccccc1)(c1ccccc1)c1ccc2c(c1)-c1cccc3c1c-2cc1c(-c2ccccc2)c2c(c(-c4ccccc4)c13)C1=CC3=C(C=C([Si](C4=CC=CCC4)(c4ccccc4)c4ccccc4)CC3)C3C=CC=C2C13. The van der Waals surface area contributed by atoms with E-state index in [1.54, 1.807) is 15.6 Å². The summed E-state index contributed by atoms with van der Waals surface area (Å²) in [5.41, 5.74) is 19.3. The fourth-order valence-electron chi connectivity index (χ4n) is 16.9. The summed E-state index contributed by atoms with van der Waals surface area (Å²) < 4.78 is 0. The Morgan fingerprint density at radius 1 is 0.488 bits per heavy atom. The molecule has 2 heteroatoms. The van der Waals surface area contributed by atoms with Crippen LogP contribution >= 0.6 is 0 Å². The van der Waals surface area contributed by atoms with Gasteiger partial charge in [0.15, 0.2) is 16.1 Å². The van der Waals surface area contributed by atoms with Gasteiger partial charge in [0.05, 0.1) is 0 Å². The second-order valence-corrected chi connectivity index (χ2v) is 32.3. The summed E-state index contributed by atoms with van der Waals surface area (Å²) >= 11 is 0. The zero-order valence-electron chi connectivity index (χ0n) is 48.9. The van der Waals surface area contributed by atoms with Crippen molar-refractivity contribution in [1.29, 1.82) is 0 Å². The van der Waals surface area contributed by atoms with Crippen LogP contribution in [0.1, 0.15) is 63.0 Å². The number of unbranched alkanes of at least 4 members (excludes halogenated alkanes) is 1. The lowest BCUT2D eigenvalue weighted by atomic mass is 9.69. The van der Waals surface area contributed by atoms with Gasteiger partial charge in [-0.05, 0) is 183 Å². The van der Waals surface area contributed by atoms with Gasteiger partial charge in [0, 0.05) is 11.8 Å². The van der Waals surface area contributed by atoms with Crippen molar-refractivity contribution in [3.63, 3.8) is 0 Å². The summed E-state index contributed by atoms with van der Waals surface area (Å²) in [5.74, 6) is 0.381. The molecule has 0 saturated carbocycles. The zero-order chi connectivity index (χ0) is 57.3. The van der Waals surface area contributed by atoms with Crippen LogP contribution in [0.25, 0.3) is 77.2 Å². The summed E-state index contributed by atoms with van der Waals surface area (Å²) in [4.78, 5) is 0. The topological polar surface area (TPSA) is 0 Å². The van der Waals surface area contributed by atoms with Gasteiger partial charge in [0.2, 0.25) is 0 Å². The quantitative estimate of drug-likeness (QED) is 0.0335. The van der Waals surface area contributed by atoms with Crippen LogP contribution in [0.15, 0.2) is 319 Å². The number of rotatable bonds is 14. The first-order valence-corrected chi connectivity index (χ1v) is 35.4. The molecule has 0 amide bonds. The van der Waals surface area contributed by atoms with E-state index >= 15 is 0 Å². The van der Waals surface area contributed by atoms with E-state index in [-0.39, 0.29) is 11.8 Å². The van der Waals surface area contributed by atoms with E-state index in [9.17, 15) is 0 Å². The minimum absolute atomic E-state index is 0.179. The molecule has 0 heterocycles. The van der Waals surface area contributed by atoms with E-state index in [4.69, 9.17) is 0 Å². The largest absolute Gasteiger partial charge is 0.175 e. The average molecular weight is 1130 g/mol. The Hall–Kier alpha value is -9.19. The molecule has 0 fully saturated rings. The van der Waals surface area contributed by atoms with E-state index < -0.39 is 16.1 Å². The third-order valence-electron chi connectivity index (χ3n) is 20.3. The molecule has 10 aromatic rings. The highest BCUT2D eigenvalue weighted by atomic mass is 28.3. The molecule has 6 aliphatic rings. The van der Waals surface area contributed by atoms with E-state index in [0.717, 1.165) is 44.9 Å². The maximum Gasteiger partial charge on any atom is 0.175 e. The van der Waals surface area contributed by atoms with Gasteiger partial charge in [-0.1, -0.05) is 295 Å². The molecule has 0 radical (unpaired) electrons. The number of benzene rings is 10. The molecule has 2 unspecified atom stereocenters. The molecule has 16 rings (SSSR count). The third-order valence-corrected chi connectivity index (χ3v) is 30.5. The van der Waals surface area contributed by atoms with Gasteiger partial charge in [-0.2, -0.15) is 0 Å². The monoisotopic (exact) mass is 1130 g/mol. The predicted octanol–water partition coefficient (Wildman–Crippen LogP) is 18.5. The van der Waals surface area contributed by atoms with Gasteiger partial charge >= 0.3 is 0 Å². The molecule has 0 aromatic heterocycles. The molecule has 0 N–H and O–H groups in total. The van der Waals surface area contributed by atoms with Gasteiger partial charge in [-0.15, -0.1) is 6.58 Å². The van der Waals surface area contributed by atoms with Gasteiger partial charge in [-0.3, -0.25) is 0 Å². The normalized spacial score (nSPS) is 17.3. The van der Waals surface area contributed by atoms with Crippen molar-refractivity contribution in [2.24, 2.45) is 11.8 Å². The molecule has 0 saturated heterocycles. The van der Waals surface area contributed by atoms with Crippen molar-refractivity contribution in [3.8, 4) is 44.5 Å². The molecule has 0 nitrogen and oxygen atoms in total. The minimum Gasteiger partial charge on any atom is -0.103 e. The van der Waals surface area contributed by atoms with E-state index in [0.29, 0.717) is 0 Å². The second-order valence-electron chi connectivity index (χ2n) is 24.4. The van der Waals surface area contributed by atoms with Crippen LogP contribution in [0.4, 0.5) is 0 Å². The molecular weight excluding hydrogens is 1070 g/mol. The van der Waals surface area contributed by atoms with Gasteiger partial charge < -0.3 is 0 Å². The number of hydrogen-bond donors (Lipinski definition) is 0. The highest BCUT2D eigenvalue weighted by Crippen LogP contribution is 2.64. The maximum atomic E-state index is 4.14. The maximum absolute atomic E-state index is 4.14. The molecule has 10 aromatic carbocycles. The Labute approximate surface area is 509 Å². The number of hydrogen-bond acceptors (Lipinski definition) is 0.